The largest absolute Gasteiger partial charge is 0.417 e. The third-order valence-electron chi connectivity index (χ3n) is 3.18. The number of esters is 1. The van der Waals surface area contributed by atoms with E-state index in [2.05, 4.69) is 15.2 Å². The molecule has 7 nitrogen and oxygen atoms in total. The summed E-state index contributed by atoms with van der Waals surface area (Å²) in [5.74, 6) is -1.09. The van der Waals surface area contributed by atoms with Gasteiger partial charge in [-0.3, -0.25) is 0 Å². The number of hydrogen-bond acceptors (Lipinski definition) is 5. The molecule has 3 rings (SSSR count). The molecular formula is C14H10F3N5O2. The molecule has 2 aromatic heterocycles. The van der Waals surface area contributed by atoms with Gasteiger partial charge >= 0.3 is 12.1 Å². The van der Waals surface area contributed by atoms with Gasteiger partial charge in [-0.15, -0.1) is 0 Å². The Morgan fingerprint density at radius 3 is 2.58 bits per heavy atom. The van der Waals surface area contributed by atoms with Crippen LogP contribution in [0.25, 0.3) is 5.69 Å². The molecule has 0 aliphatic carbocycles. The van der Waals surface area contributed by atoms with Crippen molar-refractivity contribution in [2.24, 2.45) is 7.05 Å². The van der Waals surface area contributed by atoms with Gasteiger partial charge in [-0.05, 0) is 18.2 Å². The second kappa shape index (κ2) is 5.80. The number of alkyl halides is 3. The summed E-state index contributed by atoms with van der Waals surface area (Å²) in [6, 6.07) is 4.55. The summed E-state index contributed by atoms with van der Waals surface area (Å²) in [5.41, 5.74) is -1.60. The lowest BCUT2D eigenvalue weighted by molar-refractivity contribution is -0.138. The molecule has 0 fully saturated rings. The smallest absolute Gasteiger partial charge is 0.404 e. The van der Waals surface area contributed by atoms with E-state index < -0.39 is 23.3 Å². The lowest BCUT2D eigenvalue weighted by Gasteiger charge is -2.14. The van der Waals surface area contributed by atoms with Crippen molar-refractivity contribution < 1.29 is 22.7 Å². The summed E-state index contributed by atoms with van der Waals surface area (Å²) >= 11 is 0. The van der Waals surface area contributed by atoms with E-state index in [1.54, 1.807) is 0 Å². The van der Waals surface area contributed by atoms with E-state index in [0.717, 1.165) is 16.8 Å². The Morgan fingerprint density at radius 2 is 2.00 bits per heavy atom. The Morgan fingerprint density at radius 1 is 1.21 bits per heavy atom. The standard InChI is InChI=1S/C14H10F3N5O2/c1-21-12(4-5-19-21)24-13(23)10-3-2-9(22-8-18-7-20-22)6-11(10)14(15,16)17/h2-8H,1H3. The van der Waals surface area contributed by atoms with Crippen LogP contribution in [0.4, 0.5) is 13.2 Å². The fraction of sp³-hybridized carbons (Fsp3) is 0.143. The highest BCUT2D eigenvalue weighted by atomic mass is 19.4. The fourth-order valence-corrected chi connectivity index (χ4v) is 2.04. The Bertz CT molecular complexity index is 871. The summed E-state index contributed by atoms with van der Waals surface area (Å²) < 4.78 is 47.3. The Kier molecular flexibility index (Phi) is 3.80. The van der Waals surface area contributed by atoms with Crippen LogP contribution in [0.1, 0.15) is 15.9 Å². The van der Waals surface area contributed by atoms with Gasteiger partial charge in [0.1, 0.15) is 12.7 Å². The van der Waals surface area contributed by atoms with E-state index in [0.29, 0.717) is 0 Å². The van der Waals surface area contributed by atoms with Gasteiger partial charge in [-0.1, -0.05) is 0 Å². The van der Waals surface area contributed by atoms with Crippen molar-refractivity contribution >= 4 is 5.97 Å². The number of aromatic nitrogens is 5. The zero-order valence-corrected chi connectivity index (χ0v) is 12.2. The highest BCUT2D eigenvalue weighted by Gasteiger charge is 2.36. The van der Waals surface area contributed by atoms with Crippen LogP contribution in [-0.4, -0.2) is 30.5 Å². The van der Waals surface area contributed by atoms with E-state index in [-0.39, 0.29) is 11.6 Å². The number of halogens is 3. The number of hydrogen-bond donors (Lipinski definition) is 0. The Labute approximate surface area is 133 Å². The highest BCUT2D eigenvalue weighted by molar-refractivity contribution is 5.93. The van der Waals surface area contributed by atoms with Crippen molar-refractivity contribution in [2.45, 2.75) is 6.18 Å². The van der Waals surface area contributed by atoms with Crippen LogP contribution in [0.5, 0.6) is 5.88 Å². The van der Waals surface area contributed by atoms with E-state index in [4.69, 9.17) is 4.74 Å². The monoisotopic (exact) mass is 337 g/mol. The lowest BCUT2D eigenvalue weighted by Crippen LogP contribution is -2.18. The van der Waals surface area contributed by atoms with E-state index in [1.807, 2.05) is 0 Å². The molecule has 0 N–H and O–H groups in total. The van der Waals surface area contributed by atoms with Gasteiger partial charge in [0.2, 0.25) is 5.88 Å². The number of rotatable bonds is 3. The summed E-state index contributed by atoms with van der Waals surface area (Å²) in [6.07, 6.45) is -0.931. The summed E-state index contributed by atoms with van der Waals surface area (Å²) in [7, 11) is 1.50. The van der Waals surface area contributed by atoms with Gasteiger partial charge in [0.15, 0.2) is 0 Å². The quantitative estimate of drug-likeness (QED) is 0.685. The van der Waals surface area contributed by atoms with Gasteiger partial charge in [0.05, 0.1) is 23.0 Å². The molecule has 0 saturated heterocycles. The predicted molar refractivity (Wildman–Crippen MR) is 74.5 cm³/mol. The Hall–Kier alpha value is -3.17. The molecule has 0 aliphatic rings. The molecule has 3 aromatic rings. The molecule has 1 aromatic carbocycles. The van der Waals surface area contributed by atoms with Gasteiger partial charge in [0.25, 0.3) is 0 Å². The number of ether oxygens (including phenoxy) is 1. The summed E-state index contributed by atoms with van der Waals surface area (Å²) in [6.45, 7) is 0. The third kappa shape index (κ3) is 2.98. The average molecular weight is 337 g/mol. The molecule has 24 heavy (non-hydrogen) atoms. The minimum atomic E-state index is -4.74. The van der Waals surface area contributed by atoms with Gasteiger partial charge in [-0.25, -0.2) is 19.1 Å². The van der Waals surface area contributed by atoms with Crippen LogP contribution < -0.4 is 4.74 Å². The van der Waals surface area contributed by atoms with Crippen LogP contribution in [-0.2, 0) is 13.2 Å². The number of carbonyl (C=O) groups is 1. The Balaban J connectivity index is 2.00. The number of benzene rings is 1. The van der Waals surface area contributed by atoms with Crippen LogP contribution in [0.3, 0.4) is 0 Å². The topological polar surface area (TPSA) is 74.8 Å². The van der Waals surface area contributed by atoms with Crippen molar-refractivity contribution in [3.8, 4) is 11.6 Å². The first-order valence-electron chi connectivity index (χ1n) is 6.62. The molecule has 0 saturated carbocycles. The lowest BCUT2D eigenvalue weighted by atomic mass is 10.1. The molecule has 10 heteroatoms. The van der Waals surface area contributed by atoms with E-state index in [1.165, 1.54) is 42.7 Å². The maximum Gasteiger partial charge on any atom is 0.417 e. The first-order chi connectivity index (χ1) is 11.4. The van der Waals surface area contributed by atoms with Crippen LogP contribution in [0.2, 0.25) is 0 Å². The average Bonchev–Trinajstić information content (AvgIpc) is 3.18. The highest BCUT2D eigenvalue weighted by Crippen LogP contribution is 2.34. The van der Waals surface area contributed by atoms with Crippen molar-refractivity contribution in [2.75, 3.05) is 0 Å². The molecule has 2 heterocycles. The van der Waals surface area contributed by atoms with Crippen molar-refractivity contribution in [3.63, 3.8) is 0 Å². The maximum atomic E-state index is 13.3. The van der Waals surface area contributed by atoms with Gasteiger partial charge < -0.3 is 4.74 Å². The van der Waals surface area contributed by atoms with Gasteiger partial charge in [0, 0.05) is 13.1 Å². The van der Waals surface area contributed by atoms with Crippen molar-refractivity contribution in [1.29, 1.82) is 0 Å². The molecule has 0 unspecified atom stereocenters. The number of aryl methyl sites for hydroxylation is 1. The summed E-state index contributed by atoms with van der Waals surface area (Å²) in [5, 5.41) is 7.55. The van der Waals surface area contributed by atoms with E-state index in [9.17, 15) is 18.0 Å². The van der Waals surface area contributed by atoms with E-state index >= 15 is 0 Å². The van der Waals surface area contributed by atoms with Crippen LogP contribution in [0, 0.1) is 0 Å². The molecule has 0 bridgehead atoms. The summed E-state index contributed by atoms with van der Waals surface area (Å²) in [4.78, 5) is 15.8. The first kappa shape index (κ1) is 15.7. The number of nitrogens with zero attached hydrogens (tertiary/aromatic N) is 5. The molecule has 0 aliphatic heterocycles. The molecule has 0 radical (unpaired) electrons. The zero-order chi connectivity index (χ0) is 17.3. The molecule has 124 valence electrons. The fourth-order valence-electron chi connectivity index (χ4n) is 2.04. The molecule has 0 atom stereocenters. The third-order valence-corrected chi connectivity index (χ3v) is 3.18. The van der Waals surface area contributed by atoms with Crippen LogP contribution in [0.15, 0.2) is 43.1 Å². The maximum absolute atomic E-state index is 13.3. The minimum absolute atomic E-state index is 0.0356. The molecule has 0 amide bonds. The number of carbonyl (C=O) groups excluding carboxylic acids is 1. The normalized spacial score (nSPS) is 11.5. The predicted octanol–water partition coefficient (Wildman–Crippen LogP) is 2.24. The molecule has 0 spiro atoms. The minimum Gasteiger partial charge on any atom is -0.404 e. The first-order valence-corrected chi connectivity index (χ1v) is 6.62. The van der Waals surface area contributed by atoms with Crippen molar-refractivity contribution in [3.05, 3.63) is 54.2 Å². The second-order valence-electron chi connectivity index (χ2n) is 4.75. The van der Waals surface area contributed by atoms with Crippen molar-refractivity contribution in [1.82, 2.24) is 24.5 Å². The SMILES string of the molecule is Cn1nccc1OC(=O)c1ccc(-n2cncn2)cc1C(F)(F)F. The van der Waals surface area contributed by atoms with Gasteiger partial charge in [-0.2, -0.15) is 23.4 Å². The molecular weight excluding hydrogens is 327 g/mol. The second-order valence-corrected chi connectivity index (χ2v) is 4.75. The van der Waals surface area contributed by atoms with Crippen LogP contribution >= 0.6 is 0 Å². The zero-order valence-electron chi connectivity index (χ0n) is 12.2.